The van der Waals surface area contributed by atoms with Gasteiger partial charge in [-0.1, -0.05) is 0 Å². The lowest BCUT2D eigenvalue weighted by Gasteiger charge is -2.35. The van der Waals surface area contributed by atoms with E-state index < -0.39 is 5.79 Å². The van der Waals surface area contributed by atoms with Gasteiger partial charge in [0.1, 0.15) is 0 Å². The molecule has 0 amide bonds. The van der Waals surface area contributed by atoms with Gasteiger partial charge < -0.3 is 20.2 Å². The topological polar surface area (TPSA) is 60.3 Å². The van der Waals surface area contributed by atoms with Gasteiger partial charge in [-0.05, 0) is 13.0 Å². The maximum Gasteiger partial charge on any atom is 0.193 e. The Morgan fingerprint density at radius 2 is 2.23 bits per heavy atom. The Morgan fingerprint density at radius 1 is 1.54 bits per heavy atom. The molecule has 0 spiro atoms. The number of rotatable bonds is 1. The third-order valence-electron chi connectivity index (χ3n) is 2.27. The molecule has 1 aromatic heterocycles. The molecule has 0 unspecified atom stereocenters. The lowest BCUT2D eigenvalue weighted by atomic mass is 10.1. The van der Waals surface area contributed by atoms with Crippen molar-refractivity contribution in [3.05, 3.63) is 24.0 Å². The van der Waals surface area contributed by atoms with Crippen molar-refractivity contribution in [3.63, 3.8) is 0 Å². The number of aromatic nitrogens is 1. The summed E-state index contributed by atoms with van der Waals surface area (Å²) in [6.45, 7) is 2.99. The molecule has 72 valence electrons. The zero-order valence-electron chi connectivity index (χ0n) is 7.62. The number of hydrogen-bond donors (Lipinski definition) is 2. The molecule has 1 fully saturated rings. The Kier molecular flexibility index (Phi) is 2.11. The Morgan fingerprint density at radius 3 is 2.77 bits per heavy atom. The van der Waals surface area contributed by atoms with E-state index in [1.54, 1.807) is 0 Å². The first-order chi connectivity index (χ1) is 6.21. The summed E-state index contributed by atoms with van der Waals surface area (Å²) < 4.78 is 11.1. The van der Waals surface area contributed by atoms with Crippen molar-refractivity contribution in [1.29, 1.82) is 0 Å². The smallest absolute Gasteiger partial charge is 0.193 e. The van der Waals surface area contributed by atoms with E-state index in [-0.39, 0.29) is 6.04 Å². The van der Waals surface area contributed by atoms with Crippen LogP contribution in [0.4, 0.5) is 0 Å². The second-order valence-electron chi connectivity index (χ2n) is 3.43. The molecule has 0 aliphatic carbocycles. The minimum atomic E-state index is -0.629. The predicted octanol–water partition coefficient (Wildman–Crippen LogP) is 0.561. The highest BCUT2D eigenvalue weighted by Gasteiger charge is 2.33. The first-order valence-electron chi connectivity index (χ1n) is 4.37. The van der Waals surface area contributed by atoms with Crippen LogP contribution in [0.3, 0.4) is 0 Å². The molecule has 0 bridgehead atoms. The third kappa shape index (κ3) is 1.60. The number of nitrogens with one attached hydrogen (secondary N) is 1. The fourth-order valence-corrected chi connectivity index (χ4v) is 1.39. The maximum absolute atomic E-state index is 5.65. The van der Waals surface area contributed by atoms with Crippen molar-refractivity contribution >= 4 is 0 Å². The lowest BCUT2D eigenvalue weighted by Crippen LogP contribution is -2.45. The zero-order chi connectivity index (χ0) is 9.31. The molecule has 4 heteroatoms. The minimum Gasteiger partial charge on any atom is -0.367 e. The van der Waals surface area contributed by atoms with Crippen LogP contribution in [0.1, 0.15) is 12.5 Å². The van der Waals surface area contributed by atoms with Gasteiger partial charge in [0.25, 0.3) is 0 Å². The number of ether oxygens (including phenoxy) is 2. The Balaban J connectivity index is 2.13. The Hall–Kier alpha value is -0.840. The van der Waals surface area contributed by atoms with Crippen molar-refractivity contribution < 1.29 is 9.47 Å². The van der Waals surface area contributed by atoms with Gasteiger partial charge >= 0.3 is 0 Å². The molecular formula is C9H14N2O2. The molecule has 0 saturated carbocycles. The van der Waals surface area contributed by atoms with E-state index in [1.165, 1.54) is 0 Å². The highest BCUT2D eigenvalue weighted by molar-refractivity contribution is 5.15. The largest absolute Gasteiger partial charge is 0.367 e. The van der Waals surface area contributed by atoms with Crippen molar-refractivity contribution in [2.45, 2.75) is 18.8 Å². The second kappa shape index (κ2) is 3.14. The minimum absolute atomic E-state index is 0.00739. The van der Waals surface area contributed by atoms with Crippen LogP contribution in [0.2, 0.25) is 0 Å². The quantitative estimate of drug-likeness (QED) is 0.667. The van der Waals surface area contributed by atoms with Gasteiger partial charge in [-0.3, -0.25) is 0 Å². The summed E-state index contributed by atoms with van der Waals surface area (Å²) in [5.74, 6) is -0.629. The average molecular weight is 182 g/mol. The van der Waals surface area contributed by atoms with Crippen LogP contribution in [0.25, 0.3) is 0 Å². The van der Waals surface area contributed by atoms with Crippen LogP contribution in [0.5, 0.6) is 0 Å². The van der Waals surface area contributed by atoms with Crippen LogP contribution < -0.4 is 5.73 Å². The zero-order valence-corrected chi connectivity index (χ0v) is 7.62. The van der Waals surface area contributed by atoms with Crippen LogP contribution in [-0.2, 0) is 15.3 Å². The third-order valence-corrected chi connectivity index (χ3v) is 2.27. The van der Waals surface area contributed by atoms with Crippen LogP contribution in [-0.4, -0.2) is 24.2 Å². The molecule has 0 radical (unpaired) electrons. The highest BCUT2D eigenvalue weighted by atomic mass is 16.7. The molecular weight excluding hydrogens is 168 g/mol. The molecule has 2 heterocycles. The summed E-state index contributed by atoms with van der Waals surface area (Å²) in [4.78, 5) is 2.97. The van der Waals surface area contributed by atoms with Crippen molar-refractivity contribution in [2.75, 3.05) is 13.2 Å². The van der Waals surface area contributed by atoms with E-state index in [4.69, 9.17) is 15.2 Å². The van der Waals surface area contributed by atoms with Crippen molar-refractivity contribution in [3.8, 4) is 0 Å². The van der Waals surface area contributed by atoms with Crippen molar-refractivity contribution in [2.24, 2.45) is 5.73 Å². The van der Waals surface area contributed by atoms with Gasteiger partial charge in [-0.25, -0.2) is 0 Å². The fraction of sp³-hybridized carbons (Fsp3) is 0.556. The van der Waals surface area contributed by atoms with Crippen molar-refractivity contribution in [1.82, 2.24) is 4.98 Å². The molecule has 0 aromatic carbocycles. The monoisotopic (exact) mass is 182 g/mol. The van der Waals surface area contributed by atoms with Gasteiger partial charge in [0.2, 0.25) is 0 Å². The lowest BCUT2D eigenvalue weighted by molar-refractivity contribution is -0.269. The SMILES string of the molecule is CC1(c2cc[nH]c2)OCC(N)CO1. The van der Waals surface area contributed by atoms with Gasteiger partial charge in [0.15, 0.2) is 5.79 Å². The van der Waals surface area contributed by atoms with Crippen LogP contribution in [0, 0.1) is 0 Å². The Bertz CT molecular complexity index is 263. The van der Waals surface area contributed by atoms with E-state index in [2.05, 4.69) is 4.98 Å². The van der Waals surface area contributed by atoms with Gasteiger partial charge in [0, 0.05) is 18.0 Å². The molecule has 1 saturated heterocycles. The summed E-state index contributed by atoms with van der Waals surface area (Å²) in [5, 5.41) is 0. The number of nitrogens with two attached hydrogens (primary N) is 1. The molecule has 1 aliphatic rings. The molecule has 13 heavy (non-hydrogen) atoms. The summed E-state index contributed by atoms with van der Waals surface area (Å²) in [7, 11) is 0. The number of H-pyrrole nitrogens is 1. The molecule has 1 aliphatic heterocycles. The highest BCUT2D eigenvalue weighted by Crippen LogP contribution is 2.29. The van der Waals surface area contributed by atoms with E-state index in [0.29, 0.717) is 13.2 Å². The standard InChI is InChI=1S/C9H14N2O2/c1-9(7-2-3-11-4-7)12-5-8(10)6-13-9/h2-4,8,11H,5-6,10H2,1H3. The normalized spacial score (nSPS) is 34.8. The van der Waals surface area contributed by atoms with E-state index in [9.17, 15) is 0 Å². The molecule has 3 N–H and O–H groups in total. The summed E-state index contributed by atoms with van der Waals surface area (Å²) in [6, 6.07) is 1.93. The van der Waals surface area contributed by atoms with E-state index in [0.717, 1.165) is 5.56 Å². The Labute approximate surface area is 77.0 Å². The number of hydrogen-bond acceptors (Lipinski definition) is 3. The number of aromatic amines is 1. The molecule has 2 rings (SSSR count). The average Bonchev–Trinajstić information content (AvgIpc) is 2.63. The van der Waals surface area contributed by atoms with Gasteiger partial charge in [-0.2, -0.15) is 0 Å². The first-order valence-corrected chi connectivity index (χ1v) is 4.37. The maximum atomic E-state index is 5.65. The van der Waals surface area contributed by atoms with Gasteiger partial charge in [-0.15, -0.1) is 0 Å². The van der Waals surface area contributed by atoms with E-state index >= 15 is 0 Å². The van der Waals surface area contributed by atoms with Gasteiger partial charge in [0.05, 0.1) is 19.3 Å². The summed E-state index contributed by atoms with van der Waals surface area (Å²) in [5.41, 5.74) is 6.65. The molecule has 0 atom stereocenters. The van der Waals surface area contributed by atoms with Crippen LogP contribution in [0.15, 0.2) is 18.5 Å². The fourth-order valence-electron chi connectivity index (χ4n) is 1.39. The molecule has 4 nitrogen and oxygen atoms in total. The molecule has 1 aromatic rings. The summed E-state index contributed by atoms with van der Waals surface area (Å²) in [6.07, 6.45) is 3.72. The van der Waals surface area contributed by atoms with Crippen LogP contribution >= 0.6 is 0 Å². The second-order valence-corrected chi connectivity index (χ2v) is 3.43. The first kappa shape index (κ1) is 8.74. The predicted molar refractivity (Wildman–Crippen MR) is 48.0 cm³/mol. The summed E-state index contributed by atoms with van der Waals surface area (Å²) >= 11 is 0. The van der Waals surface area contributed by atoms with E-state index in [1.807, 2.05) is 25.4 Å².